The molecule has 0 saturated carbocycles. The van der Waals surface area contributed by atoms with Crippen molar-refractivity contribution in [3.8, 4) is 0 Å². The van der Waals surface area contributed by atoms with Crippen LogP contribution in [-0.2, 0) is 4.74 Å². The van der Waals surface area contributed by atoms with Crippen LogP contribution in [0.2, 0.25) is 0 Å². The summed E-state index contributed by atoms with van der Waals surface area (Å²) in [6.07, 6.45) is 6.44. The Bertz CT molecular complexity index is 651. The Hall–Kier alpha value is -0.240. The topological polar surface area (TPSA) is 42.4 Å². The van der Waals surface area contributed by atoms with E-state index in [0.29, 0.717) is 5.41 Å². The summed E-state index contributed by atoms with van der Waals surface area (Å²) in [6.45, 7) is 34.9. The SMILES string of the molecule is CC(C)(C)CCCCC(O)N1CCN(C(C)(C)CC(C)(C)CCOCCN2CCN(C(C)(C)C)CC2)CC1. The summed E-state index contributed by atoms with van der Waals surface area (Å²) >= 11 is 0. The van der Waals surface area contributed by atoms with E-state index in [2.05, 4.69) is 88.8 Å². The van der Waals surface area contributed by atoms with Crippen LogP contribution in [0.15, 0.2) is 0 Å². The fourth-order valence-corrected chi connectivity index (χ4v) is 6.45. The third kappa shape index (κ3) is 12.5. The van der Waals surface area contributed by atoms with Crippen LogP contribution in [0, 0.1) is 10.8 Å². The van der Waals surface area contributed by atoms with E-state index in [4.69, 9.17) is 4.74 Å². The highest BCUT2D eigenvalue weighted by atomic mass is 16.5. The van der Waals surface area contributed by atoms with Gasteiger partial charge in [-0.3, -0.25) is 19.6 Å². The molecule has 0 bridgehead atoms. The molecule has 2 fully saturated rings. The van der Waals surface area contributed by atoms with Gasteiger partial charge in [0.05, 0.1) is 6.61 Å². The number of aliphatic hydroxyl groups excluding tert-OH is 1. The molecule has 226 valence electrons. The van der Waals surface area contributed by atoms with Crippen molar-refractivity contribution in [3.63, 3.8) is 0 Å². The van der Waals surface area contributed by atoms with Crippen LogP contribution in [0.1, 0.15) is 108 Å². The van der Waals surface area contributed by atoms with Crippen LogP contribution in [0.3, 0.4) is 0 Å². The highest BCUT2D eigenvalue weighted by molar-refractivity contribution is 4.90. The molecule has 0 aromatic heterocycles. The molecule has 0 amide bonds. The molecule has 0 radical (unpaired) electrons. The van der Waals surface area contributed by atoms with Gasteiger partial charge in [-0.1, -0.05) is 41.0 Å². The van der Waals surface area contributed by atoms with Crippen LogP contribution in [-0.4, -0.2) is 114 Å². The Morgan fingerprint density at radius 3 is 1.82 bits per heavy atom. The monoisotopic (exact) mass is 539 g/mol. The molecule has 6 heteroatoms. The van der Waals surface area contributed by atoms with Gasteiger partial charge in [-0.05, 0) is 77.6 Å². The first-order valence-corrected chi connectivity index (χ1v) is 15.7. The molecule has 1 unspecified atom stereocenters. The van der Waals surface area contributed by atoms with Crippen molar-refractivity contribution in [2.24, 2.45) is 10.8 Å². The van der Waals surface area contributed by atoms with Gasteiger partial charge < -0.3 is 9.84 Å². The number of ether oxygens (including phenoxy) is 1. The van der Waals surface area contributed by atoms with E-state index in [-0.39, 0.29) is 22.7 Å². The van der Waals surface area contributed by atoms with Crippen LogP contribution >= 0.6 is 0 Å². The molecule has 38 heavy (non-hydrogen) atoms. The highest BCUT2D eigenvalue weighted by Gasteiger charge is 2.36. The Balaban J connectivity index is 1.62. The summed E-state index contributed by atoms with van der Waals surface area (Å²) in [7, 11) is 0. The fourth-order valence-electron chi connectivity index (χ4n) is 6.45. The van der Waals surface area contributed by atoms with Crippen LogP contribution in [0.5, 0.6) is 0 Å². The first kappa shape index (κ1) is 34.0. The predicted octanol–water partition coefficient (Wildman–Crippen LogP) is 5.55. The number of hydrogen-bond acceptors (Lipinski definition) is 6. The summed E-state index contributed by atoms with van der Waals surface area (Å²) in [5, 5.41) is 10.7. The quantitative estimate of drug-likeness (QED) is 0.293. The largest absolute Gasteiger partial charge is 0.380 e. The predicted molar refractivity (Wildman–Crippen MR) is 163 cm³/mol. The minimum Gasteiger partial charge on any atom is -0.380 e. The van der Waals surface area contributed by atoms with Gasteiger partial charge in [0.15, 0.2) is 0 Å². The van der Waals surface area contributed by atoms with Crippen molar-refractivity contribution in [1.29, 1.82) is 0 Å². The summed E-state index contributed by atoms with van der Waals surface area (Å²) < 4.78 is 6.12. The second kappa shape index (κ2) is 14.6. The fraction of sp³-hybridized carbons (Fsp3) is 1.00. The number of piperazine rings is 2. The van der Waals surface area contributed by atoms with Crippen LogP contribution in [0.4, 0.5) is 0 Å². The number of hydrogen-bond donors (Lipinski definition) is 1. The van der Waals surface area contributed by atoms with Gasteiger partial charge in [-0.15, -0.1) is 0 Å². The summed E-state index contributed by atoms with van der Waals surface area (Å²) in [5.41, 5.74) is 1.07. The number of aliphatic hydroxyl groups is 1. The molecule has 6 nitrogen and oxygen atoms in total. The highest BCUT2D eigenvalue weighted by Crippen LogP contribution is 2.35. The summed E-state index contributed by atoms with van der Waals surface area (Å²) in [5.74, 6) is 0. The normalized spacial score (nSPS) is 21.2. The maximum absolute atomic E-state index is 10.7. The molecule has 2 aliphatic heterocycles. The first-order chi connectivity index (χ1) is 17.5. The lowest BCUT2D eigenvalue weighted by atomic mass is 9.77. The van der Waals surface area contributed by atoms with Gasteiger partial charge in [0.25, 0.3) is 0 Å². The van der Waals surface area contributed by atoms with Crippen molar-refractivity contribution in [3.05, 3.63) is 0 Å². The average molecular weight is 539 g/mol. The summed E-state index contributed by atoms with van der Waals surface area (Å²) in [6, 6.07) is 0. The molecule has 0 aliphatic carbocycles. The molecule has 2 aliphatic rings. The maximum Gasteiger partial charge on any atom is 0.107 e. The Morgan fingerprint density at radius 2 is 1.26 bits per heavy atom. The van der Waals surface area contributed by atoms with E-state index >= 15 is 0 Å². The second-order valence-electron chi connectivity index (χ2n) is 15.8. The van der Waals surface area contributed by atoms with Crippen LogP contribution in [0.25, 0.3) is 0 Å². The van der Waals surface area contributed by atoms with Crippen molar-refractivity contribution < 1.29 is 9.84 Å². The first-order valence-electron chi connectivity index (χ1n) is 15.7. The third-order valence-electron chi connectivity index (χ3n) is 8.94. The van der Waals surface area contributed by atoms with E-state index in [1.54, 1.807) is 0 Å². The standard InChI is InChI=1S/C32H66N4O2/c1-29(2,3)14-12-11-13-28(37)34-18-22-36(23-19-34)32(9,10)27-31(7,8)15-25-38-26-24-33-16-20-35(21-17-33)30(4,5)6/h28,37H,11-27H2,1-10H3. The number of rotatable bonds is 14. The van der Waals surface area contributed by atoms with E-state index in [9.17, 15) is 5.11 Å². The lowest BCUT2D eigenvalue weighted by Gasteiger charge is -2.48. The Labute approximate surface area is 237 Å². The zero-order chi connectivity index (χ0) is 28.6. The lowest BCUT2D eigenvalue weighted by Crippen LogP contribution is -2.57. The molecule has 1 atom stereocenters. The van der Waals surface area contributed by atoms with Gasteiger partial charge in [-0.2, -0.15) is 0 Å². The summed E-state index contributed by atoms with van der Waals surface area (Å²) in [4.78, 5) is 10.1. The molecule has 0 aromatic rings. The zero-order valence-corrected chi connectivity index (χ0v) is 27.2. The third-order valence-corrected chi connectivity index (χ3v) is 8.94. The molecule has 1 N–H and O–H groups in total. The second-order valence-corrected chi connectivity index (χ2v) is 15.8. The Kier molecular flexibility index (Phi) is 13.0. The van der Waals surface area contributed by atoms with Crippen LogP contribution < -0.4 is 0 Å². The molecule has 2 heterocycles. The van der Waals surface area contributed by atoms with Crippen molar-refractivity contribution in [2.75, 3.05) is 72.1 Å². The molecular formula is C32H66N4O2. The van der Waals surface area contributed by atoms with Gasteiger partial charge in [0.1, 0.15) is 6.23 Å². The van der Waals surface area contributed by atoms with E-state index < -0.39 is 0 Å². The molecule has 0 spiro atoms. The van der Waals surface area contributed by atoms with Crippen molar-refractivity contribution in [2.45, 2.75) is 125 Å². The van der Waals surface area contributed by atoms with Gasteiger partial charge in [0.2, 0.25) is 0 Å². The molecule has 0 aromatic carbocycles. The minimum absolute atomic E-state index is 0.153. The van der Waals surface area contributed by atoms with Gasteiger partial charge in [-0.25, -0.2) is 0 Å². The molecular weight excluding hydrogens is 472 g/mol. The maximum atomic E-state index is 10.7. The van der Waals surface area contributed by atoms with E-state index in [1.807, 2.05) is 0 Å². The smallest absolute Gasteiger partial charge is 0.107 e. The van der Waals surface area contributed by atoms with Crippen molar-refractivity contribution >= 4 is 0 Å². The Morgan fingerprint density at radius 1 is 0.684 bits per heavy atom. The number of unbranched alkanes of at least 4 members (excludes halogenated alkanes) is 1. The average Bonchev–Trinajstić information content (AvgIpc) is 2.80. The van der Waals surface area contributed by atoms with E-state index in [0.717, 1.165) is 97.8 Å². The van der Waals surface area contributed by atoms with E-state index in [1.165, 1.54) is 12.8 Å². The van der Waals surface area contributed by atoms with Gasteiger partial charge in [0, 0.05) is 76.6 Å². The van der Waals surface area contributed by atoms with Gasteiger partial charge >= 0.3 is 0 Å². The van der Waals surface area contributed by atoms with Crippen molar-refractivity contribution in [1.82, 2.24) is 19.6 Å². The molecule has 2 rings (SSSR count). The minimum atomic E-state index is -0.281. The lowest BCUT2D eigenvalue weighted by molar-refractivity contribution is -0.0553. The molecule has 2 saturated heterocycles. The zero-order valence-electron chi connectivity index (χ0n) is 27.2. The number of nitrogens with zero attached hydrogens (tertiary/aromatic N) is 4.